The van der Waals surface area contributed by atoms with Crippen molar-refractivity contribution in [2.24, 2.45) is 0 Å². The first-order valence-electron chi connectivity index (χ1n) is 9.22. The van der Waals surface area contributed by atoms with Gasteiger partial charge in [0.15, 0.2) is 0 Å². The monoisotopic (exact) mass is 384 g/mol. The van der Waals surface area contributed by atoms with Crippen LogP contribution in [-0.4, -0.2) is 37.8 Å². The number of aromatic amines is 1. The Kier molecular flexibility index (Phi) is 4.61. The minimum atomic E-state index is -0.124. The second kappa shape index (κ2) is 7.24. The van der Waals surface area contributed by atoms with Crippen molar-refractivity contribution in [3.63, 3.8) is 0 Å². The second-order valence-electron chi connectivity index (χ2n) is 7.18. The third kappa shape index (κ3) is 3.48. The molecular weight excluding hydrogens is 364 g/mol. The van der Waals surface area contributed by atoms with Crippen molar-refractivity contribution in [1.29, 1.82) is 5.26 Å². The van der Waals surface area contributed by atoms with E-state index in [0.29, 0.717) is 23.4 Å². The zero-order chi connectivity index (χ0) is 20.5. The summed E-state index contributed by atoms with van der Waals surface area (Å²) in [5.41, 5.74) is 5.85. The zero-order valence-electron chi connectivity index (χ0n) is 16.5. The van der Waals surface area contributed by atoms with Crippen LogP contribution >= 0.6 is 0 Å². The van der Waals surface area contributed by atoms with Gasteiger partial charge in [0.2, 0.25) is 0 Å². The van der Waals surface area contributed by atoms with Gasteiger partial charge in [-0.3, -0.25) is 4.79 Å². The van der Waals surface area contributed by atoms with Gasteiger partial charge in [-0.2, -0.15) is 5.26 Å². The van der Waals surface area contributed by atoms with Crippen LogP contribution in [0.15, 0.2) is 48.8 Å². The smallest absolute Gasteiger partial charge is 0.254 e. The highest BCUT2D eigenvalue weighted by Gasteiger charge is 2.16. The number of hydrogen-bond acceptors (Lipinski definition) is 4. The highest BCUT2D eigenvalue weighted by molar-refractivity contribution is 5.98. The van der Waals surface area contributed by atoms with Gasteiger partial charge in [0.1, 0.15) is 11.8 Å². The first-order chi connectivity index (χ1) is 14.0. The quantitative estimate of drug-likeness (QED) is 0.583. The molecule has 2 heterocycles. The van der Waals surface area contributed by atoms with Crippen LogP contribution in [0.3, 0.4) is 0 Å². The number of nitrogens with one attached hydrogen (secondary N) is 1. The van der Waals surface area contributed by atoms with Crippen LogP contribution in [-0.2, 0) is 6.54 Å². The molecule has 4 rings (SSSR count). The number of aromatic nitrogens is 4. The molecule has 29 heavy (non-hydrogen) atoms. The Balaban J connectivity index is 1.52. The molecule has 0 fully saturated rings. The molecule has 7 heteroatoms. The average molecular weight is 384 g/mol. The van der Waals surface area contributed by atoms with Crippen molar-refractivity contribution >= 4 is 16.8 Å². The Labute approximate surface area is 168 Å². The topological polar surface area (TPSA) is 90.6 Å². The lowest BCUT2D eigenvalue weighted by molar-refractivity contribution is 0.0783. The molecule has 0 spiro atoms. The van der Waals surface area contributed by atoms with Crippen LogP contribution in [0.1, 0.15) is 32.7 Å². The third-order valence-electron chi connectivity index (χ3n) is 4.93. The maximum Gasteiger partial charge on any atom is 0.254 e. The number of H-pyrrole nitrogens is 1. The summed E-state index contributed by atoms with van der Waals surface area (Å²) in [7, 11) is 1.73. The third-order valence-corrected chi connectivity index (χ3v) is 4.93. The van der Waals surface area contributed by atoms with Gasteiger partial charge in [0.05, 0.1) is 24.0 Å². The van der Waals surface area contributed by atoms with Crippen molar-refractivity contribution in [1.82, 2.24) is 24.9 Å². The number of rotatable bonds is 4. The lowest BCUT2D eigenvalue weighted by Gasteiger charge is -2.15. The second-order valence-corrected chi connectivity index (χ2v) is 7.18. The fraction of sp³-hybridized carbons (Fsp3) is 0.182. The SMILES string of the molecule is Cc1ccc(-n2cc(CN(C)C(=O)c3ccc4c(C#N)c[nH]c4c3)nn2)c(C)c1. The highest BCUT2D eigenvalue weighted by Crippen LogP contribution is 2.20. The van der Waals surface area contributed by atoms with Gasteiger partial charge in [-0.25, -0.2) is 4.68 Å². The molecule has 4 aromatic rings. The fourth-order valence-corrected chi connectivity index (χ4v) is 3.44. The predicted octanol–water partition coefficient (Wildman–Crippen LogP) is 3.51. The lowest BCUT2D eigenvalue weighted by atomic mass is 10.1. The summed E-state index contributed by atoms with van der Waals surface area (Å²) in [6.45, 7) is 4.43. The van der Waals surface area contributed by atoms with Crippen LogP contribution < -0.4 is 0 Å². The van der Waals surface area contributed by atoms with E-state index in [4.69, 9.17) is 5.26 Å². The van der Waals surface area contributed by atoms with Crippen molar-refractivity contribution in [3.8, 4) is 11.8 Å². The number of nitrogens with zero attached hydrogens (tertiary/aromatic N) is 5. The molecule has 0 unspecified atom stereocenters. The van der Waals surface area contributed by atoms with Crippen LogP contribution in [0.4, 0.5) is 0 Å². The van der Waals surface area contributed by atoms with Gasteiger partial charge in [-0.15, -0.1) is 5.10 Å². The number of aryl methyl sites for hydroxylation is 2. The minimum absolute atomic E-state index is 0.124. The van der Waals surface area contributed by atoms with E-state index in [0.717, 1.165) is 22.2 Å². The van der Waals surface area contributed by atoms with Crippen molar-refractivity contribution in [2.45, 2.75) is 20.4 Å². The normalized spacial score (nSPS) is 10.8. The minimum Gasteiger partial charge on any atom is -0.360 e. The van der Waals surface area contributed by atoms with Gasteiger partial charge in [-0.05, 0) is 37.6 Å². The molecule has 7 nitrogen and oxygen atoms in total. The van der Waals surface area contributed by atoms with Gasteiger partial charge in [0.25, 0.3) is 5.91 Å². The molecule has 1 N–H and O–H groups in total. The molecule has 2 aromatic heterocycles. The molecule has 144 valence electrons. The summed E-state index contributed by atoms with van der Waals surface area (Å²) < 4.78 is 1.73. The number of nitriles is 1. The van der Waals surface area contributed by atoms with Crippen molar-refractivity contribution in [2.75, 3.05) is 7.05 Å². The molecule has 0 aliphatic carbocycles. The van der Waals surface area contributed by atoms with Gasteiger partial charge >= 0.3 is 0 Å². The Hall–Kier alpha value is -3.92. The number of hydrogen-bond donors (Lipinski definition) is 1. The fourth-order valence-electron chi connectivity index (χ4n) is 3.44. The maximum absolute atomic E-state index is 12.8. The summed E-state index contributed by atoms with van der Waals surface area (Å²) in [6, 6.07) is 13.6. The van der Waals surface area contributed by atoms with E-state index in [1.54, 1.807) is 41.0 Å². The molecule has 0 atom stereocenters. The Bertz CT molecular complexity index is 1260. The van der Waals surface area contributed by atoms with Gasteiger partial charge in [0, 0.05) is 29.7 Å². The number of amides is 1. The molecule has 0 radical (unpaired) electrons. The summed E-state index contributed by atoms with van der Waals surface area (Å²) in [6.07, 6.45) is 3.49. The summed E-state index contributed by atoms with van der Waals surface area (Å²) >= 11 is 0. The van der Waals surface area contributed by atoms with Crippen LogP contribution in [0.25, 0.3) is 16.6 Å². The standard InChI is InChI=1S/C22H20N6O/c1-14-4-7-21(15(2)8-14)28-13-18(25-26-28)12-27(3)22(29)16-5-6-19-17(10-23)11-24-20(19)9-16/h4-9,11,13,24H,12H2,1-3H3. The van der Waals surface area contributed by atoms with E-state index < -0.39 is 0 Å². The van der Waals surface area contributed by atoms with Crippen LogP contribution in [0, 0.1) is 25.2 Å². The highest BCUT2D eigenvalue weighted by atomic mass is 16.2. The number of fused-ring (bicyclic) bond motifs is 1. The molecular formula is C22H20N6O. The number of carbonyl (C=O) groups is 1. The molecule has 0 aliphatic rings. The lowest BCUT2D eigenvalue weighted by Crippen LogP contribution is -2.26. The average Bonchev–Trinajstić information content (AvgIpc) is 3.33. The van der Waals surface area contributed by atoms with Gasteiger partial charge in [-0.1, -0.05) is 29.0 Å². The van der Waals surface area contributed by atoms with E-state index in [2.05, 4.69) is 34.4 Å². The number of benzene rings is 2. The first-order valence-corrected chi connectivity index (χ1v) is 9.22. The Morgan fingerprint density at radius 2 is 2.07 bits per heavy atom. The molecule has 0 saturated heterocycles. The largest absolute Gasteiger partial charge is 0.360 e. The summed E-state index contributed by atoms with van der Waals surface area (Å²) in [5, 5.41) is 18.3. The van der Waals surface area contributed by atoms with Crippen molar-refractivity contribution < 1.29 is 4.79 Å². The van der Waals surface area contributed by atoms with E-state index >= 15 is 0 Å². The Morgan fingerprint density at radius 3 is 2.83 bits per heavy atom. The van der Waals surface area contributed by atoms with Crippen LogP contribution in [0.2, 0.25) is 0 Å². The van der Waals surface area contributed by atoms with E-state index in [1.807, 2.05) is 25.3 Å². The van der Waals surface area contributed by atoms with Gasteiger partial charge < -0.3 is 9.88 Å². The maximum atomic E-state index is 12.8. The summed E-state index contributed by atoms with van der Waals surface area (Å²) in [4.78, 5) is 17.5. The molecule has 2 aromatic carbocycles. The summed E-state index contributed by atoms with van der Waals surface area (Å²) in [5.74, 6) is -0.124. The molecule has 0 aliphatic heterocycles. The zero-order valence-corrected chi connectivity index (χ0v) is 16.5. The molecule has 1 amide bonds. The van der Waals surface area contributed by atoms with E-state index in [1.165, 1.54) is 5.56 Å². The number of carbonyl (C=O) groups excluding carboxylic acids is 1. The molecule has 0 saturated carbocycles. The van der Waals surface area contributed by atoms with E-state index in [-0.39, 0.29) is 5.91 Å². The van der Waals surface area contributed by atoms with Crippen LogP contribution in [0.5, 0.6) is 0 Å². The van der Waals surface area contributed by atoms with E-state index in [9.17, 15) is 4.79 Å². The molecule has 0 bridgehead atoms. The van der Waals surface area contributed by atoms with Crippen molar-refractivity contribution in [3.05, 3.63) is 76.7 Å². The Morgan fingerprint density at radius 1 is 1.24 bits per heavy atom. The first kappa shape index (κ1) is 18.4. The predicted molar refractivity (Wildman–Crippen MR) is 110 cm³/mol.